The molecule has 3 N–H and O–H groups in total. The SMILES string of the molecule is CC(C)(C)C1=CCC(O)(CO)C(CO)=C1. The van der Waals surface area contributed by atoms with Crippen LogP contribution in [-0.2, 0) is 0 Å². The van der Waals surface area contributed by atoms with E-state index in [1.54, 1.807) is 6.08 Å². The first-order valence-electron chi connectivity index (χ1n) is 5.19. The van der Waals surface area contributed by atoms with Gasteiger partial charge in [-0.05, 0) is 16.6 Å². The quantitative estimate of drug-likeness (QED) is 0.640. The van der Waals surface area contributed by atoms with Crippen LogP contribution < -0.4 is 0 Å². The van der Waals surface area contributed by atoms with Gasteiger partial charge in [-0.3, -0.25) is 0 Å². The van der Waals surface area contributed by atoms with Crippen LogP contribution in [0.1, 0.15) is 27.2 Å². The highest BCUT2D eigenvalue weighted by molar-refractivity contribution is 5.38. The summed E-state index contributed by atoms with van der Waals surface area (Å²) in [6.07, 6.45) is 4.08. The Hall–Kier alpha value is -0.640. The number of allylic oxidation sites excluding steroid dienone is 2. The maximum atomic E-state index is 10.0. The predicted octanol–water partition coefficient (Wildman–Crippen LogP) is 1.00. The fourth-order valence-corrected chi connectivity index (χ4v) is 1.67. The van der Waals surface area contributed by atoms with Crippen molar-refractivity contribution >= 4 is 0 Å². The molecule has 3 nitrogen and oxygen atoms in total. The third-order valence-electron chi connectivity index (χ3n) is 2.89. The van der Waals surface area contributed by atoms with Crippen molar-refractivity contribution in [1.82, 2.24) is 0 Å². The molecule has 0 bridgehead atoms. The number of hydrogen-bond acceptors (Lipinski definition) is 3. The van der Waals surface area contributed by atoms with Crippen LogP contribution in [0.5, 0.6) is 0 Å². The second-order valence-corrected chi connectivity index (χ2v) is 5.13. The van der Waals surface area contributed by atoms with E-state index >= 15 is 0 Å². The van der Waals surface area contributed by atoms with Gasteiger partial charge in [0.05, 0.1) is 13.2 Å². The highest BCUT2D eigenvalue weighted by atomic mass is 16.3. The van der Waals surface area contributed by atoms with Crippen LogP contribution >= 0.6 is 0 Å². The lowest BCUT2D eigenvalue weighted by Crippen LogP contribution is -2.38. The van der Waals surface area contributed by atoms with Gasteiger partial charge in [0.2, 0.25) is 0 Å². The molecule has 15 heavy (non-hydrogen) atoms. The van der Waals surface area contributed by atoms with Gasteiger partial charge in [-0.2, -0.15) is 0 Å². The van der Waals surface area contributed by atoms with Crippen LogP contribution in [0.4, 0.5) is 0 Å². The largest absolute Gasteiger partial charge is 0.393 e. The molecule has 0 fully saturated rings. The van der Waals surface area contributed by atoms with E-state index in [1.807, 2.05) is 6.08 Å². The lowest BCUT2D eigenvalue weighted by atomic mass is 9.77. The molecule has 0 saturated heterocycles. The Bertz CT molecular complexity index is 296. The van der Waals surface area contributed by atoms with Gasteiger partial charge in [0.25, 0.3) is 0 Å². The number of aliphatic hydroxyl groups excluding tert-OH is 2. The summed E-state index contributed by atoms with van der Waals surface area (Å²) in [5, 5.41) is 28.3. The van der Waals surface area contributed by atoms with Crippen molar-refractivity contribution in [1.29, 1.82) is 0 Å². The Morgan fingerprint density at radius 3 is 2.33 bits per heavy atom. The van der Waals surface area contributed by atoms with Gasteiger partial charge in [0.15, 0.2) is 0 Å². The summed E-state index contributed by atoms with van der Waals surface area (Å²) >= 11 is 0. The highest BCUT2D eigenvalue weighted by Crippen LogP contribution is 2.35. The maximum absolute atomic E-state index is 10.0. The van der Waals surface area contributed by atoms with Gasteiger partial charge in [-0.15, -0.1) is 0 Å². The van der Waals surface area contributed by atoms with Crippen molar-refractivity contribution in [3.8, 4) is 0 Å². The Labute approximate surface area is 90.8 Å². The van der Waals surface area contributed by atoms with E-state index in [0.717, 1.165) is 5.57 Å². The molecule has 0 saturated carbocycles. The van der Waals surface area contributed by atoms with Gasteiger partial charge >= 0.3 is 0 Å². The minimum Gasteiger partial charge on any atom is -0.393 e. The van der Waals surface area contributed by atoms with Crippen LogP contribution in [0, 0.1) is 5.41 Å². The van der Waals surface area contributed by atoms with Gasteiger partial charge in [0.1, 0.15) is 5.60 Å². The molecule has 0 radical (unpaired) electrons. The topological polar surface area (TPSA) is 60.7 Å². The van der Waals surface area contributed by atoms with Gasteiger partial charge in [0, 0.05) is 6.42 Å². The summed E-state index contributed by atoms with van der Waals surface area (Å²) in [5.41, 5.74) is 0.308. The summed E-state index contributed by atoms with van der Waals surface area (Å²) in [6.45, 7) is 5.66. The molecule has 0 heterocycles. The van der Waals surface area contributed by atoms with Gasteiger partial charge in [-0.25, -0.2) is 0 Å². The molecule has 1 aliphatic rings. The summed E-state index contributed by atoms with van der Waals surface area (Å²) in [6, 6.07) is 0. The molecule has 1 aliphatic carbocycles. The van der Waals surface area contributed by atoms with Crippen LogP contribution in [-0.4, -0.2) is 34.1 Å². The molecular weight excluding hydrogens is 192 g/mol. The Morgan fingerprint density at radius 1 is 1.33 bits per heavy atom. The minimum atomic E-state index is -1.27. The van der Waals surface area contributed by atoms with E-state index in [1.165, 1.54) is 0 Å². The molecule has 3 heteroatoms. The van der Waals surface area contributed by atoms with Crippen molar-refractivity contribution in [2.45, 2.75) is 32.8 Å². The van der Waals surface area contributed by atoms with Gasteiger partial charge < -0.3 is 15.3 Å². The average molecular weight is 212 g/mol. The lowest BCUT2D eigenvalue weighted by Gasteiger charge is -2.33. The Kier molecular flexibility index (Phi) is 3.38. The molecule has 1 rings (SSSR count). The van der Waals surface area contributed by atoms with Crippen molar-refractivity contribution in [2.24, 2.45) is 5.41 Å². The predicted molar refractivity (Wildman–Crippen MR) is 59.4 cm³/mol. The first-order valence-corrected chi connectivity index (χ1v) is 5.19. The van der Waals surface area contributed by atoms with Gasteiger partial charge in [-0.1, -0.05) is 32.9 Å². The molecule has 0 aromatic rings. The zero-order valence-corrected chi connectivity index (χ0v) is 9.62. The van der Waals surface area contributed by atoms with Crippen LogP contribution in [0.2, 0.25) is 0 Å². The van der Waals surface area contributed by atoms with E-state index in [4.69, 9.17) is 5.11 Å². The van der Waals surface area contributed by atoms with Crippen molar-refractivity contribution in [2.75, 3.05) is 13.2 Å². The second-order valence-electron chi connectivity index (χ2n) is 5.13. The van der Waals surface area contributed by atoms with E-state index in [9.17, 15) is 10.2 Å². The molecule has 86 valence electrons. The normalized spacial score (nSPS) is 27.3. The third-order valence-corrected chi connectivity index (χ3v) is 2.89. The molecule has 0 amide bonds. The number of rotatable bonds is 2. The van der Waals surface area contributed by atoms with E-state index < -0.39 is 5.60 Å². The molecular formula is C12H20O3. The average Bonchev–Trinajstić information content (AvgIpc) is 2.16. The third kappa shape index (κ3) is 2.48. The molecule has 1 unspecified atom stereocenters. The van der Waals surface area contributed by atoms with E-state index in [-0.39, 0.29) is 18.6 Å². The fraction of sp³-hybridized carbons (Fsp3) is 0.667. The summed E-state index contributed by atoms with van der Waals surface area (Å²) < 4.78 is 0. The number of aliphatic hydroxyl groups is 3. The summed E-state index contributed by atoms with van der Waals surface area (Å²) in [5.74, 6) is 0. The molecule has 0 aromatic heterocycles. The smallest absolute Gasteiger partial charge is 0.115 e. The highest BCUT2D eigenvalue weighted by Gasteiger charge is 2.33. The van der Waals surface area contributed by atoms with Crippen LogP contribution in [0.15, 0.2) is 23.3 Å². The van der Waals surface area contributed by atoms with E-state index in [2.05, 4.69) is 20.8 Å². The van der Waals surface area contributed by atoms with Crippen molar-refractivity contribution in [3.63, 3.8) is 0 Å². The monoisotopic (exact) mass is 212 g/mol. The Balaban J connectivity index is 3.02. The first kappa shape index (κ1) is 12.4. The standard InChI is InChI=1S/C12H20O3/c1-11(2,3)9-4-5-12(15,8-14)10(6-9)7-13/h4,6,13-15H,5,7-8H2,1-3H3. The van der Waals surface area contributed by atoms with Crippen LogP contribution in [0.3, 0.4) is 0 Å². The second kappa shape index (κ2) is 4.08. The molecule has 1 atom stereocenters. The minimum absolute atomic E-state index is 0.00277. The number of hydrogen-bond donors (Lipinski definition) is 3. The van der Waals surface area contributed by atoms with E-state index in [0.29, 0.717) is 12.0 Å². The maximum Gasteiger partial charge on any atom is 0.115 e. The van der Waals surface area contributed by atoms with Crippen LogP contribution in [0.25, 0.3) is 0 Å². The Morgan fingerprint density at radius 2 is 1.93 bits per heavy atom. The van der Waals surface area contributed by atoms with Crippen molar-refractivity contribution < 1.29 is 15.3 Å². The molecule has 0 spiro atoms. The lowest BCUT2D eigenvalue weighted by molar-refractivity contribution is 0.00990. The van der Waals surface area contributed by atoms with Crippen molar-refractivity contribution in [3.05, 3.63) is 23.3 Å². The zero-order valence-electron chi connectivity index (χ0n) is 9.62. The summed E-state index contributed by atoms with van der Waals surface area (Å²) in [7, 11) is 0. The molecule has 0 aliphatic heterocycles. The zero-order chi connectivity index (χ0) is 11.7. The fourth-order valence-electron chi connectivity index (χ4n) is 1.67. The summed E-state index contributed by atoms with van der Waals surface area (Å²) in [4.78, 5) is 0. The first-order chi connectivity index (χ1) is 6.83. The molecule has 0 aromatic carbocycles.